The number of nitrogens with one attached hydrogen (secondary N) is 2. The van der Waals surface area contributed by atoms with Gasteiger partial charge in [0.25, 0.3) is 0 Å². The average molecular weight is 337 g/mol. The van der Waals surface area contributed by atoms with Gasteiger partial charge in [-0.3, -0.25) is 4.79 Å². The Labute approximate surface area is 138 Å². The Morgan fingerprint density at radius 1 is 1.48 bits per heavy atom. The molecule has 0 radical (unpaired) electrons. The molecular formula is C15H19N3O4S. The van der Waals surface area contributed by atoms with Crippen LogP contribution in [0.5, 0.6) is 0 Å². The second kappa shape index (κ2) is 6.77. The number of benzene rings is 1. The molecule has 0 spiro atoms. The van der Waals surface area contributed by atoms with Gasteiger partial charge in [-0.15, -0.1) is 11.8 Å². The lowest BCUT2D eigenvalue weighted by atomic mass is 10.0. The third-order valence-corrected chi connectivity index (χ3v) is 5.17. The van der Waals surface area contributed by atoms with Crippen LogP contribution in [-0.2, 0) is 11.3 Å². The van der Waals surface area contributed by atoms with Crippen LogP contribution >= 0.6 is 11.8 Å². The number of piperidine rings is 1. The predicted molar refractivity (Wildman–Crippen MR) is 86.6 cm³/mol. The van der Waals surface area contributed by atoms with Crippen LogP contribution in [-0.4, -0.2) is 58.1 Å². The molecule has 124 valence electrons. The highest BCUT2D eigenvalue weighted by molar-refractivity contribution is 8.00. The van der Waals surface area contributed by atoms with E-state index in [2.05, 4.69) is 10.6 Å². The second-order valence-electron chi connectivity index (χ2n) is 5.74. The molecule has 23 heavy (non-hydrogen) atoms. The van der Waals surface area contributed by atoms with Gasteiger partial charge in [0.1, 0.15) is 0 Å². The number of hydrogen-bond donors (Lipinski definition) is 4. The summed E-state index contributed by atoms with van der Waals surface area (Å²) < 4.78 is 0. The van der Waals surface area contributed by atoms with Crippen molar-refractivity contribution in [2.75, 3.05) is 24.2 Å². The minimum Gasteiger partial charge on any atom is -0.465 e. The highest BCUT2D eigenvalue weighted by Gasteiger charge is 2.29. The number of likely N-dealkylation sites (tertiary alicyclic amines) is 1. The van der Waals surface area contributed by atoms with E-state index in [-0.39, 0.29) is 18.5 Å². The van der Waals surface area contributed by atoms with E-state index >= 15 is 0 Å². The van der Waals surface area contributed by atoms with Gasteiger partial charge in [-0.1, -0.05) is 6.07 Å². The van der Waals surface area contributed by atoms with Crippen LogP contribution in [0.3, 0.4) is 0 Å². The van der Waals surface area contributed by atoms with E-state index in [1.807, 2.05) is 18.2 Å². The molecule has 2 heterocycles. The van der Waals surface area contributed by atoms with Crippen LogP contribution in [0.1, 0.15) is 12.0 Å². The molecule has 0 aromatic heterocycles. The largest absolute Gasteiger partial charge is 0.465 e. The summed E-state index contributed by atoms with van der Waals surface area (Å²) in [4.78, 5) is 24.6. The van der Waals surface area contributed by atoms with Gasteiger partial charge in [0.15, 0.2) is 0 Å². The maximum absolute atomic E-state index is 11.4. The number of anilines is 1. The van der Waals surface area contributed by atoms with E-state index in [1.165, 1.54) is 16.7 Å². The summed E-state index contributed by atoms with van der Waals surface area (Å²) in [6, 6.07) is 5.78. The summed E-state index contributed by atoms with van der Waals surface area (Å²) in [5.74, 6) is 0.447. The first-order chi connectivity index (χ1) is 11.0. The fraction of sp³-hybridized carbons (Fsp3) is 0.467. The molecule has 2 aliphatic rings. The monoisotopic (exact) mass is 337 g/mol. The average Bonchev–Trinajstić information content (AvgIpc) is 2.53. The van der Waals surface area contributed by atoms with E-state index in [0.29, 0.717) is 25.3 Å². The van der Waals surface area contributed by atoms with Crippen LogP contribution in [0, 0.1) is 0 Å². The molecular weight excluding hydrogens is 318 g/mol. The Morgan fingerprint density at radius 3 is 3.04 bits per heavy atom. The van der Waals surface area contributed by atoms with Gasteiger partial charge in [-0.25, -0.2) is 4.79 Å². The number of amides is 2. The molecule has 2 unspecified atom stereocenters. The van der Waals surface area contributed by atoms with Gasteiger partial charge in [-0.2, -0.15) is 0 Å². The molecule has 2 atom stereocenters. The van der Waals surface area contributed by atoms with Crippen LogP contribution in [0.2, 0.25) is 0 Å². The number of carboxylic acid groups (broad SMARTS) is 1. The fourth-order valence-corrected chi connectivity index (χ4v) is 3.62. The zero-order valence-electron chi connectivity index (χ0n) is 12.5. The first-order valence-corrected chi connectivity index (χ1v) is 8.46. The molecule has 2 aliphatic heterocycles. The summed E-state index contributed by atoms with van der Waals surface area (Å²) in [5, 5.41) is 25.1. The summed E-state index contributed by atoms with van der Waals surface area (Å²) >= 11 is 1.52. The molecule has 0 bridgehead atoms. The van der Waals surface area contributed by atoms with Crippen molar-refractivity contribution in [2.45, 2.75) is 30.0 Å². The number of β-amino-alcohol motifs (C(OH)–C–C–N with tert-alkyl or cyclic N) is 1. The lowest BCUT2D eigenvalue weighted by molar-refractivity contribution is -0.113. The van der Waals surface area contributed by atoms with Crippen LogP contribution < -0.4 is 10.6 Å². The molecule has 4 N–H and O–H groups in total. The number of thioether (sulfide) groups is 1. The zero-order valence-corrected chi connectivity index (χ0v) is 13.3. The highest BCUT2D eigenvalue weighted by Crippen LogP contribution is 2.32. The number of aliphatic hydroxyl groups excluding tert-OH is 1. The Morgan fingerprint density at radius 2 is 2.30 bits per heavy atom. The Balaban J connectivity index is 1.58. The van der Waals surface area contributed by atoms with Crippen LogP contribution in [0.25, 0.3) is 0 Å². The van der Waals surface area contributed by atoms with Gasteiger partial charge >= 0.3 is 6.09 Å². The smallest absolute Gasteiger partial charge is 0.407 e. The first kappa shape index (κ1) is 16.1. The zero-order chi connectivity index (χ0) is 16.4. The lowest BCUT2D eigenvalue weighted by Gasteiger charge is -2.34. The van der Waals surface area contributed by atoms with Crippen molar-refractivity contribution in [3.63, 3.8) is 0 Å². The van der Waals surface area contributed by atoms with E-state index in [0.717, 1.165) is 16.1 Å². The van der Waals surface area contributed by atoms with Crippen molar-refractivity contribution in [1.29, 1.82) is 0 Å². The molecule has 0 aliphatic carbocycles. The van der Waals surface area contributed by atoms with Crippen molar-refractivity contribution in [3.05, 3.63) is 23.8 Å². The standard InChI is InChI=1S/C15H19N3O4S/c19-12-7-18(15(21)22)4-3-10(12)16-6-9-1-2-13-11(5-9)17-14(20)8-23-13/h1-2,5,10,12,16,19H,3-4,6-8H2,(H,17,20)(H,21,22). The maximum Gasteiger partial charge on any atom is 0.407 e. The molecule has 1 aromatic carbocycles. The summed E-state index contributed by atoms with van der Waals surface area (Å²) in [6.45, 7) is 1.10. The maximum atomic E-state index is 11.4. The van der Waals surface area contributed by atoms with Gasteiger partial charge in [-0.05, 0) is 24.1 Å². The quantitative estimate of drug-likeness (QED) is 0.655. The van der Waals surface area contributed by atoms with Gasteiger partial charge in [0.05, 0.1) is 24.1 Å². The van der Waals surface area contributed by atoms with E-state index in [4.69, 9.17) is 5.11 Å². The highest BCUT2D eigenvalue weighted by atomic mass is 32.2. The number of nitrogens with zero attached hydrogens (tertiary/aromatic N) is 1. The number of hydrogen-bond acceptors (Lipinski definition) is 5. The fourth-order valence-electron chi connectivity index (χ4n) is 2.83. The number of aliphatic hydroxyl groups is 1. The minimum absolute atomic E-state index is 0.00377. The topological polar surface area (TPSA) is 102 Å². The van der Waals surface area contributed by atoms with Crippen molar-refractivity contribution in [1.82, 2.24) is 10.2 Å². The third kappa shape index (κ3) is 3.77. The van der Waals surface area contributed by atoms with E-state index in [9.17, 15) is 14.7 Å². The summed E-state index contributed by atoms with van der Waals surface area (Å²) in [5.41, 5.74) is 1.84. The molecule has 1 fully saturated rings. The third-order valence-electron chi connectivity index (χ3n) is 4.10. The Hall–Kier alpha value is -1.77. The molecule has 1 aromatic rings. The van der Waals surface area contributed by atoms with Crippen molar-refractivity contribution < 1.29 is 19.8 Å². The lowest BCUT2D eigenvalue weighted by Crippen LogP contribution is -2.53. The first-order valence-electron chi connectivity index (χ1n) is 7.48. The molecule has 3 rings (SSSR count). The van der Waals surface area contributed by atoms with E-state index < -0.39 is 12.2 Å². The van der Waals surface area contributed by atoms with E-state index in [1.54, 1.807) is 0 Å². The van der Waals surface area contributed by atoms with Crippen molar-refractivity contribution in [3.8, 4) is 0 Å². The summed E-state index contributed by atoms with van der Waals surface area (Å²) in [7, 11) is 0. The minimum atomic E-state index is -0.995. The predicted octanol–water partition coefficient (Wildman–Crippen LogP) is 0.934. The molecule has 0 saturated carbocycles. The number of carbonyl (C=O) groups is 2. The number of carbonyl (C=O) groups excluding carboxylic acids is 1. The molecule has 8 heteroatoms. The van der Waals surface area contributed by atoms with Crippen molar-refractivity contribution in [2.24, 2.45) is 0 Å². The molecule has 7 nitrogen and oxygen atoms in total. The number of fused-ring (bicyclic) bond motifs is 1. The Bertz CT molecular complexity index is 625. The Kier molecular flexibility index (Phi) is 4.74. The normalized spacial score (nSPS) is 24.0. The van der Waals surface area contributed by atoms with Gasteiger partial charge < -0.3 is 25.7 Å². The van der Waals surface area contributed by atoms with Crippen LogP contribution in [0.15, 0.2) is 23.1 Å². The second-order valence-corrected chi connectivity index (χ2v) is 6.76. The van der Waals surface area contributed by atoms with Gasteiger partial charge in [0, 0.05) is 24.0 Å². The summed E-state index contributed by atoms with van der Waals surface area (Å²) in [6.07, 6.45) is -1.14. The SMILES string of the molecule is O=C1CSc2ccc(CNC3CCN(C(=O)O)CC3O)cc2N1. The number of rotatable bonds is 3. The molecule has 1 saturated heterocycles. The molecule has 2 amide bonds. The van der Waals surface area contributed by atoms with Crippen molar-refractivity contribution >= 4 is 29.4 Å². The van der Waals surface area contributed by atoms with Gasteiger partial charge in [0.2, 0.25) is 5.91 Å². The van der Waals surface area contributed by atoms with Crippen LogP contribution in [0.4, 0.5) is 10.5 Å².